The van der Waals surface area contributed by atoms with Gasteiger partial charge in [-0.3, -0.25) is 9.79 Å². The number of rotatable bonds is 6. The molecule has 2 saturated heterocycles. The van der Waals surface area contributed by atoms with Gasteiger partial charge in [-0.2, -0.15) is 0 Å². The van der Waals surface area contributed by atoms with Gasteiger partial charge in [0.15, 0.2) is 10.8 Å². The molecule has 0 bridgehead atoms. The maximum absolute atomic E-state index is 13.9. The molecule has 5 rings (SSSR count). The summed E-state index contributed by atoms with van der Waals surface area (Å²) >= 11 is 4.85. The number of amidine groups is 1. The number of likely N-dealkylation sites (tertiary alicyclic amines) is 1. The Morgan fingerprint density at radius 3 is 2.94 bits per heavy atom. The molecule has 8 nitrogen and oxygen atoms in total. The number of nitrogens with one attached hydrogen (secondary N) is 2. The summed E-state index contributed by atoms with van der Waals surface area (Å²) in [7, 11) is 0. The number of aliphatic imine (C=N–C) groups is 1. The third kappa shape index (κ3) is 4.52. The molecule has 1 aromatic carbocycles. The zero-order valence-corrected chi connectivity index (χ0v) is 21.5. The third-order valence-corrected chi connectivity index (χ3v) is 8.17. The van der Waals surface area contributed by atoms with Crippen molar-refractivity contribution in [2.24, 2.45) is 10.4 Å². The van der Waals surface area contributed by atoms with Gasteiger partial charge >= 0.3 is 5.97 Å². The van der Waals surface area contributed by atoms with E-state index in [1.807, 2.05) is 5.38 Å². The van der Waals surface area contributed by atoms with Gasteiger partial charge in [0.2, 0.25) is 5.91 Å². The highest BCUT2D eigenvalue weighted by molar-refractivity contribution is 9.10. The summed E-state index contributed by atoms with van der Waals surface area (Å²) in [5.74, 6) is -0.341. The molecule has 2 atom stereocenters. The fraction of sp³-hybridized carbons (Fsp3) is 0.417. The smallest absolute Gasteiger partial charge is 0.338 e. The Bertz CT molecular complexity index is 1210. The summed E-state index contributed by atoms with van der Waals surface area (Å²) in [5, 5.41) is 9.08. The molecule has 0 radical (unpaired) electrons. The van der Waals surface area contributed by atoms with E-state index in [2.05, 4.69) is 31.5 Å². The van der Waals surface area contributed by atoms with Crippen LogP contribution in [0.4, 0.5) is 4.39 Å². The molecule has 2 aromatic rings. The van der Waals surface area contributed by atoms with Crippen molar-refractivity contribution in [1.29, 1.82) is 0 Å². The van der Waals surface area contributed by atoms with Gasteiger partial charge in [-0.25, -0.2) is 14.2 Å². The molecule has 3 aliphatic heterocycles. The minimum absolute atomic E-state index is 0.0952. The molecule has 11 heteroatoms. The number of carbonyl (C=O) groups is 2. The standard InChI is InChI=1S/C24H25BrFN5O3S/c1-2-34-22(32)18-17(12-31-9-6-24(23(31)33)5-7-27-13-24)29-20(21-28-8-10-35-21)30-19(18)15-4-3-14(26)11-16(15)25/h3-4,8,10-11,19,27H,2,5-7,9,12-13H2,1H3,(H,29,30). The lowest BCUT2D eigenvalue weighted by Gasteiger charge is -2.30. The Morgan fingerprint density at radius 1 is 1.40 bits per heavy atom. The number of ether oxygens (including phenoxy) is 1. The Hall–Kier alpha value is -2.63. The van der Waals surface area contributed by atoms with E-state index in [1.54, 1.807) is 24.1 Å². The summed E-state index contributed by atoms with van der Waals surface area (Å²) in [6, 6.07) is 3.53. The van der Waals surface area contributed by atoms with Crippen molar-refractivity contribution in [3.8, 4) is 0 Å². The third-order valence-electron chi connectivity index (χ3n) is 6.71. The number of carbonyl (C=O) groups excluding carboxylic acids is 2. The maximum Gasteiger partial charge on any atom is 0.338 e. The lowest BCUT2D eigenvalue weighted by molar-refractivity contribution is -0.139. The number of halogens is 2. The van der Waals surface area contributed by atoms with Gasteiger partial charge in [-0.05, 0) is 44.0 Å². The van der Waals surface area contributed by atoms with Crippen LogP contribution in [0.1, 0.15) is 36.4 Å². The van der Waals surface area contributed by atoms with Crippen LogP contribution in [0.15, 0.2) is 50.5 Å². The Balaban J connectivity index is 1.58. The number of amides is 1. The first-order valence-corrected chi connectivity index (χ1v) is 13.2. The van der Waals surface area contributed by atoms with Crippen LogP contribution in [0.25, 0.3) is 0 Å². The first-order valence-electron chi connectivity index (χ1n) is 11.5. The van der Waals surface area contributed by atoms with E-state index in [1.165, 1.54) is 23.5 Å². The van der Waals surface area contributed by atoms with E-state index in [9.17, 15) is 14.0 Å². The van der Waals surface area contributed by atoms with E-state index >= 15 is 0 Å². The van der Waals surface area contributed by atoms with Crippen LogP contribution >= 0.6 is 27.3 Å². The van der Waals surface area contributed by atoms with Crippen LogP contribution in [-0.4, -0.2) is 60.4 Å². The lowest BCUT2D eigenvalue weighted by Crippen LogP contribution is -2.42. The second-order valence-corrected chi connectivity index (χ2v) is 10.6. The van der Waals surface area contributed by atoms with E-state index in [4.69, 9.17) is 9.73 Å². The van der Waals surface area contributed by atoms with Crippen LogP contribution in [0.2, 0.25) is 0 Å². The molecule has 1 spiro atoms. The molecule has 0 aliphatic carbocycles. The zero-order chi connectivity index (χ0) is 24.6. The number of esters is 1. The number of aromatic nitrogens is 1. The van der Waals surface area contributed by atoms with Gasteiger partial charge in [0.05, 0.1) is 24.1 Å². The number of nitrogens with zero attached hydrogens (tertiary/aromatic N) is 3. The van der Waals surface area contributed by atoms with Crippen molar-refractivity contribution in [1.82, 2.24) is 20.5 Å². The quantitative estimate of drug-likeness (QED) is 0.526. The SMILES string of the molecule is CCOC(=O)C1=C(CN2CCC3(CCNC3)C2=O)NC(c2nccs2)=NC1c1ccc(F)cc1Br. The molecule has 1 aromatic heterocycles. The van der Waals surface area contributed by atoms with Crippen LogP contribution in [0.5, 0.6) is 0 Å². The summed E-state index contributed by atoms with van der Waals surface area (Å²) in [6.07, 6.45) is 3.27. The van der Waals surface area contributed by atoms with Crippen LogP contribution < -0.4 is 10.6 Å². The van der Waals surface area contributed by atoms with Gasteiger partial charge in [0.25, 0.3) is 0 Å². The van der Waals surface area contributed by atoms with Crippen molar-refractivity contribution in [3.05, 3.63) is 61.9 Å². The van der Waals surface area contributed by atoms with Crippen molar-refractivity contribution in [2.45, 2.75) is 25.8 Å². The fourth-order valence-corrected chi connectivity index (χ4v) is 6.10. The molecule has 2 unspecified atom stereocenters. The maximum atomic E-state index is 13.9. The molecule has 2 N–H and O–H groups in total. The van der Waals surface area contributed by atoms with E-state index < -0.39 is 17.8 Å². The number of thiazole rings is 1. The minimum atomic E-state index is -0.765. The second-order valence-electron chi connectivity index (χ2n) is 8.80. The summed E-state index contributed by atoms with van der Waals surface area (Å²) in [4.78, 5) is 37.6. The number of hydrogen-bond donors (Lipinski definition) is 2. The molecule has 3 aliphatic rings. The van der Waals surface area contributed by atoms with Gasteiger partial charge in [0, 0.05) is 34.8 Å². The molecular formula is C24H25BrFN5O3S. The second kappa shape index (κ2) is 9.79. The Morgan fingerprint density at radius 2 is 2.26 bits per heavy atom. The first kappa shape index (κ1) is 24.1. The normalized spacial score (nSPS) is 24.2. The predicted molar refractivity (Wildman–Crippen MR) is 133 cm³/mol. The van der Waals surface area contributed by atoms with Crippen molar-refractivity contribution >= 4 is 45.0 Å². The Labute approximate surface area is 214 Å². The van der Waals surface area contributed by atoms with Crippen LogP contribution in [0, 0.1) is 11.2 Å². The van der Waals surface area contributed by atoms with Crippen LogP contribution in [-0.2, 0) is 14.3 Å². The lowest BCUT2D eigenvalue weighted by atomic mass is 9.86. The molecule has 184 valence electrons. The average Bonchev–Trinajstić information content (AvgIpc) is 3.59. The fourth-order valence-electron chi connectivity index (χ4n) is 4.94. The molecule has 0 saturated carbocycles. The predicted octanol–water partition coefficient (Wildman–Crippen LogP) is 3.17. The van der Waals surface area contributed by atoms with E-state index in [-0.39, 0.29) is 24.5 Å². The highest BCUT2D eigenvalue weighted by Crippen LogP contribution is 2.40. The number of benzene rings is 1. The molecular weight excluding hydrogens is 537 g/mol. The molecule has 1 amide bonds. The largest absolute Gasteiger partial charge is 0.463 e. The van der Waals surface area contributed by atoms with Crippen LogP contribution in [0.3, 0.4) is 0 Å². The summed E-state index contributed by atoms with van der Waals surface area (Å²) < 4.78 is 19.8. The minimum Gasteiger partial charge on any atom is -0.463 e. The van der Waals surface area contributed by atoms with Gasteiger partial charge < -0.3 is 20.3 Å². The Kier molecular flexibility index (Phi) is 6.73. The monoisotopic (exact) mass is 561 g/mol. The van der Waals surface area contributed by atoms with Gasteiger partial charge in [-0.1, -0.05) is 22.0 Å². The highest BCUT2D eigenvalue weighted by Gasteiger charge is 2.48. The van der Waals surface area contributed by atoms with Crippen molar-refractivity contribution < 1.29 is 18.7 Å². The molecule has 2 fully saturated rings. The summed E-state index contributed by atoms with van der Waals surface area (Å²) in [5.41, 5.74) is 1.09. The highest BCUT2D eigenvalue weighted by atomic mass is 79.9. The van der Waals surface area contributed by atoms with Gasteiger partial charge in [0.1, 0.15) is 11.9 Å². The average molecular weight is 562 g/mol. The van der Waals surface area contributed by atoms with E-state index in [0.29, 0.717) is 45.2 Å². The van der Waals surface area contributed by atoms with Crippen molar-refractivity contribution in [3.63, 3.8) is 0 Å². The van der Waals surface area contributed by atoms with Crippen molar-refractivity contribution in [2.75, 3.05) is 32.8 Å². The molecule has 4 heterocycles. The summed E-state index contributed by atoms with van der Waals surface area (Å²) in [6.45, 7) is 4.26. The topological polar surface area (TPSA) is 95.9 Å². The zero-order valence-electron chi connectivity index (χ0n) is 19.1. The number of hydrogen-bond acceptors (Lipinski definition) is 8. The first-order chi connectivity index (χ1) is 16.9. The van der Waals surface area contributed by atoms with Gasteiger partial charge in [-0.15, -0.1) is 11.3 Å². The van der Waals surface area contributed by atoms with E-state index in [0.717, 1.165) is 19.4 Å². The molecule has 35 heavy (non-hydrogen) atoms.